The number of para-hydroxylation sites is 1. The number of aliphatic hydroxyl groups excluding tert-OH is 1. The Kier molecular flexibility index (Phi) is 6.66. The van der Waals surface area contributed by atoms with Crippen LogP contribution in [0.3, 0.4) is 0 Å². The van der Waals surface area contributed by atoms with Crippen molar-refractivity contribution >= 4 is 0 Å². The Bertz CT molecular complexity index is 343. The van der Waals surface area contributed by atoms with Crippen LogP contribution in [-0.4, -0.2) is 49.0 Å². The predicted molar refractivity (Wildman–Crippen MR) is 66.1 cm³/mol. The summed E-state index contributed by atoms with van der Waals surface area (Å²) in [7, 11) is 0. The van der Waals surface area contributed by atoms with Crippen LogP contribution in [0.25, 0.3) is 0 Å². The molecular weight excluding hydrogens is 259 g/mol. The number of hydrogen-bond acceptors (Lipinski definition) is 3. The van der Waals surface area contributed by atoms with Gasteiger partial charge in [-0.05, 0) is 18.6 Å². The molecule has 6 heteroatoms. The van der Waals surface area contributed by atoms with Gasteiger partial charge in [0.15, 0.2) is 0 Å². The van der Waals surface area contributed by atoms with Crippen LogP contribution in [-0.2, 0) is 0 Å². The molecule has 1 aromatic rings. The molecule has 0 aliphatic heterocycles. The van der Waals surface area contributed by atoms with Gasteiger partial charge in [0, 0.05) is 13.1 Å². The molecule has 1 N–H and O–H groups in total. The Morgan fingerprint density at radius 2 is 1.79 bits per heavy atom. The van der Waals surface area contributed by atoms with E-state index in [9.17, 15) is 13.2 Å². The molecule has 19 heavy (non-hydrogen) atoms. The SMILES string of the molecule is OCCN(CCCOc1ccccc1)CC(F)(F)F. The van der Waals surface area contributed by atoms with Crippen LogP contribution < -0.4 is 4.74 Å². The second-order valence-corrected chi connectivity index (χ2v) is 4.13. The predicted octanol–water partition coefficient (Wildman–Crippen LogP) is 2.31. The summed E-state index contributed by atoms with van der Waals surface area (Å²) in [5.74, 6) is 0.701. The average Bonchev–Trinajstić information content (AvgIpc) is 2.34. The maximum atomic E-state index is 12.2. The standard InChI is InChI=1S/C13H18F3NO2/c14-13(15,16)11-17(8-9-18)7-4-10-19-12-5-2-1-3-6-12/h1-3,5-6,18H,4,7-11H2. The van der Waals surface area contributed by atoms with E-state index < -0.39 is 12.7 Å². The van der Waals surface area contributed by atoms with Crippen molar-refractivity contribution in [1.29, 1.82) is 0 Å². The Morgan fingerprint density at radius 1 is 1.11 bits per heavy atom. The highest BCUT2D eigenvalue weighted by atomic mass is 19.4. The molecule has 3 nitrogen and oxygen atoms in total. The van der Waals surface area contributed by atoms with Crippen LogP contribution in [0.4, 0.5) is 13.2 Å². The van der Waals surface area contributed by atoms with Crippen molar-refractivity contribution in [1.82, 2.24) is 4.90 Å². The molecule has 0 aromatic heterocycles. The quantitative estimate of drug-likeness (QED) is 0.740. The van der Waals surface area contributed by atoms with E-state index in [2.05, 4.69) is 0 Å². The summed E-state index contributed by atoms with van der Waals surface area (Å²) in [4.78, 5) is 1.17. The van der Waals surface area contributed by atoms with E-state index in [-0.39, 0.29) is 19.7 Å². The van der Waals surface area contributed by atoms with Gasteiger partial charge >= 0.3 is 6.18 Å². The molecule has 0 bridgehead atoms. The van der Waals surface area contributed by atoms with Gasteiger partial charge in [-0.2, -0.15) is 13.2 Å². The largest absolute Gasteiger partial charge is 0.494 e. The van der Waals surface area contributed by atoms with Crippen LogP contribution >= 0.6 is 0 Å². The number of nitrogens with zero attached hydrogens (tertiary/aromatic N) is 1. The molecule has 0 saturated heterocycles. The van der Waals surface area contributed by atoms with E-state index in [0.717, 1.165) is 0 Å². The van der Waals surface area contributed by atoms with Gasteiger partial charge in [0.2, 0.25) is 0 Å². The maximum Gasteiger partial charge on any atom is 0.401 e. The molecule has 0 fully saturated rings. The highest BCUT2D eigenvalue weighted by Crippen LogP contribution is 2.16. The monoisotopic (exact) mass is 277 g/mol. The Balaban J connectivity index is 2.24. The fourth-order valence-corrected chi connectivity index (χ4v) is 1.66. The molecule has 0 spiro atoms. The molecule has 0 amide bonds. The lowest BCUT2D eigenvalue weighted by molar-refractivity contribution is -0.147. The summed E-state index contributed by atoms with van der Waals surface area (Å²) in [6.45, 7) is -0.671. The van der Waals surface area contributed by atoms with Crippen molar-refractivity contribution in [3.63, 3.8) is 0 Å². The number of ether oxygens (including phenoxy) is 1. The molecular formula is C13H18F3NO2. The minimum absolute atomic E-state index is 0.0187. The van der Waals surface area contributed by atoms with Crippen molar-refractivity contribution < 1.29 is 23.0 Å². The van der Waals surface area contributed by atoms with Gasteiger partial charge in [0.1, 0.15) is 5.75 Å². The van der Waals surface area contributed by atoms with E-state index in [1.54, 1.807) is 12.1 Å². The molecule has 0 radical (unpaired) electrons. The Labute approximate surface area is 110 Å². The van der Waals surface area contributed by atoms with E-state index in [1.165, 1.54) is 4.90 Å². The van der Waals surface area contributed by atoms with E-state index >= 15 is 0 Å². The zero-order valence-electron chi connectivity index (χ0n) is 10.6. The normalized spacial score (nSPS) is 11.8. The second-order valence-electron chi connectivity index (χ2n) is 4.13. The zero-order valence-corrected chi connectivity index (χ0v) is 10.6. The minimum atomic E-state index is -4.24. The minimum Gasteiger partial charge on any atom is -0.494 e. The van der Waals surface area contributed by atoms with E-state index in [4.69, 9.17) is 9.84 Å². The van der Waals surface area contributed by atoms with Gasteiger partial charge in [-0.3, -0.25) is 4.90 Å². The van der Waals surface area contributed by atoms with Crippen LogP contribution in [0.15, 0.2) is 30.3 Å². The van der Waals surface area contributed by atoms with Gasteiger partial charge in [0.25, 0.3) is 0 Å². The first kappa shape index (κ1) is 15.8. The maximum absolute atomic E-state index is 12.2. The summed E-state index contributed by atoms with van der Waals surface area (Å²) in [6, 6.07) is 9.11. The van der Waals surface area contributed by atoms with E-state index in [1.807, 2.05) is 18.2 Å². The number of hydrogen-bond donors (Lipinski definition) is 1. The van der Waals surface area contributed by atoms with Crippen LogP contribution in [0.5, 0.6) is 5.75 Å². The fraction of sp³-hybridized carbons (Fsp3) is 0.538. The van der Waals surface area contributed by atoms with Crippen LogP contribution in [0.2, 0.25) is 0 Å². The van der Waals surface area contributed by atoms with E-state index in [0.29, 0.717) is 18.8 Å². The van der Waals surface area contributed by atoms with Crippen molar-refractivity contribution in [2.45, 2.75) is 12.6 Å². The molecule has 0 unspecified atom stereocenters. The highest BCUT2D eigenvalue weighted by Gasteiger charge is 2.30. The number of rotatable bonds is 8. The van der Waals surface area contributed by atoms with Gasteiger partial charge < -0.3 is 9.84 Å². The smallest absolute Gasteiger partial charge is 0.401 e. The lowest BCUT2D eigenvalue weighted by atomic mass is 10.3. The molecule has 108 valence electrons. The number of alkyl halides is 3. The summed E-state index contributed by atoms with van der Waals surface area (Å²) in [5.41, 5.74) is 0. The molecule has 0 aliphatic carbocycles. The van der Waals surface area contributed by atoms with Crippen molar-refractivity contribution in [3.05, 3.63) is 30.3 Å². The number of halogens is 3. The first-order chi connectivity index (χ1) is 9.01. The third-order valence-corrected chi connectivity index (χ3v) is 2.45. The van der Waals surface area contributed by atoms with Gasteiger partial charge in [-0.15, -0.1) is 0 Å². The lowest BCUT2D eigenvalue weighted by Gasteiger charge is -2.22. The topological polar surface area (TPSA) is 32.7 Å². The Hall–Kier alpha value is -1.27. The lowest BCUT2D eigenvalue weighted by Crippen LogP contribution is -2.37. The van der Waals surface area contributed by atoms with Gasteiger partial charge in [0.05, 0.1) is 19.8 Å². The van der Waals surface area contributed by atoms with Crippen molar-refractivity contribution in [3.8, 4) is 5.75 Å². The van der Waals surface area contributed by atoms with Gasteiger partial charge in [-0.25, -0.2) is 0 Å². The highest BCUT2D eigenvalue weighted by molar-refractivity contribution is 5.20. The molecule has 0 aliphatic rings. The van der Waals surface area contributed by atoms with Crippen LogP contribution in [0.1, 0.15) is 6.42 Å². The van der Waals surface area contributed by atoms with Crippen LogP contribution in [0, 0.1) is 0 Å². The summed E-state index contributed by atoms with van der Waals surface area (Å²) < 4.78 is 42.1. The molecule has 1 aromatic carbocycles. The molecule has 0 atom stereocenters. The third kappa shape index (κ3) is 7.69. The second kappa shape index (κ2) is 8.01. The van der Waals surface area contributed by atoms with Gasteiger partial charge in [-0.1, -0.05) is 18.2 Å². The first-order valence-corrected chi connectivity index (χ1v) is 6.09. The summed E-state index contributed by atoms with van der Waals surface area (Å²) >= 11 is 0. The van der Waals surface area contributed by atoms with Crippen molar-refractivity contribution in [2.75, 3.05) is 32.8 Å². The number of aliphatic hydroxyl groups is 1. The third-order valence-electron chi connectivity index (χ3n) is 2.45. The van der Waals surface area contributed by atoms with Crippen molar-refractivity contribution in [2.24, 2.45) is 0 Å². The average molecular weight is 277 g/mol. The molecule has 0 saturated carbocycles. The first-order valence-electron chi connectivity index (χ1n) is 6.09. The summed E-state index contributed by atoms with van der Waals surface area (Å²) in [5, 5.41) is 8.73. The molecule has 1 rings (SSSR count). The summed E-state index contributed by atoms with van der Waals surface area (Å²) in [6.07, 6.45) is -3.76. The molecule has 0 heterocycles. The number of benzene rings is 1. The fourth-order valence-electron chi connectivity index (χ4n) is 1.66. The Morgan fingerprint density at radius 3 is 2.37 bits per heavy atom. The zero-order chi connectivity index (χ0) is 14.1.